The van der Waals surface area contributed by atoms with Crippen molar-refractivity contribution in [2.24, 2.45) is 11.7 Å². The Labute approximate surface area is 109 Å². The number of primary amides is 1. The molecule has 0 aliphatic heterocycles. The van der Waals surface area contributed by atoms with Gasteiger partial charge in [-0.15, -0.1) is 0 Å². The van der Waals surface area contributed by atoms with E-state index in [1.54, 1.807) is 7.11 Å². The fourth-order valence-corrected chi connectivity index (χ4v) is 1.95. The van der Waals surface area contributed by atoms with Crippen LogP contribution in [0.2, 0.25) is 0 Å². The first-order valence-electron chi connectivity index (χ1n) is 6.10. The summed E-state index contributed by atoms with van der Waals surface area (Å²) < 4.78 is 5.16. The summed E-state index contributed by atoms with van der Waals surface area (Å²) in [5, 5.41) is 3.25. The van der Waals surface area contributed by atoms with Gasteiger partial charge in [0.15, 0.2) is 0 Å². The predicted molar refractivity (Wildman–Crippen MR) is 71.9 cm³/mol. The number of hydrogen-bond acceptors (Lipinski definition) is 3. The van der Waals surface area contributed by atoms with Crippen molar-refractivity contribution >= 4 is 5.91 Å². The van der Waals surface area contributed by atoms with Crippen LogP contribution in [0, 0.1) is 5.92 Å². The van der Waals surface area contributed by atoms with Crippen LogP contribution < -0.4 is 11.1 Å². The van der Waals surface area contributed by atoms with Crippen LogP contribution in [0.5, 0.6) is 0 Å². The molecule has 0 spiro atoms. The van der Waals surface area contributed by atoms with Gasteiger partial charge in [0.25, 0.3) is 0 Å². The highest BCUT2D eigenvalue weighted by Crippen LogP contribution is 2.18. The third kappa shape index (κ3) is 3.31. The molecule has 0 fully saturated rings. The molecule has 0 saturated carbocycles. The van der Waals surface area contributed by atoms with Crippen molar-refractivity contribution in [1.82, 2.24) is 5.32 Å². The summed E-state index contributed by atoms with van der Waals surface area (Å²) in [6.45, 7) is 4.78. The van der Waals surface area contributed by atoms with Crippen LogP contribution in [-0.4, -0.2) is 25.2 Å². The van der Waals surface area contributed by atoms with Crippen molar-refractivity contribution in [3.8, 4) is 0 Å². The maximum Gasteiger partial charge on any atom is 0.240 e. The fourth-order valence-electron chi connectivity index (χ4n) is 1.95. The molecule has 1 unspecified atom stereocenters. The Morgan fingerprint density at radius 1 is 1.39 bits per heavy atom. The number of nitrogens with one attached hydrogen (secondary N) is 1. The minimum Gasteiger partial charge on any atom is -0.382 e. The summed E-state index contributed by atoms with van der Waals surface area (Å²) in [6, 6.07) is 9.91. The van der Waals surface area contributed by atoms with E-state index in [2.05, 4.69) is 5.32 Å². The molecule has 0 bridgehead atoms. The molecule has 1 rings (SSSR count). The van der Waals surface area contributed by atoms with Gasteiger partial charge in [0.1, 0.15) is 5.54 Å². The second kappa shape index (κ2) is 6.52. The Kier molecular flexibility index (Phi) is 5.31. The fraction of sp³-hybridized carbons (Fsp3) is 0.500. The molecule has 1 aromatic rings. The Morgan fingerprint density at radius 2 is 2.00 bits per heavy atom. The molecule has 1 atom stereocenters. The Bertz CT molecular complexity index is 379. The monoisotopic (exact) mass is 250 g/mol. The molecule has 0 aromatic heterocycles. The third-order valence-corrected chi connectivity index (χ3v) is 3.25. The molecular formula is C14H22N2O2. The van der Waals surface area contributed by atoms with Gasteiger partial charge in [-0.3, -0.25) is 10.1 Å². The van der Waals surface area contributed by atoms with Gasteiger partial charge in [-0.1, -0.05) is 44.2 Å². The predicted octanol–water partition coefficient (Wildman–Crippen LogP) is 1.30. The lowest BCUT2D eigenvalue weighted by Crippen LogP contribution is -2.61. The van der Waals surface area contributed by atoms with Crippen LogP contribution in [0.25, 0.3) is 0 Å². The number of methoxy groups -OCH3 is 1. The van der Waals surface area contributed by atoms with E-state index in [1.807, 2.05) is 44.2 Å². The summed E-state index contributed by atoms with van der Waals surface area (Å²) in [5.41, 5.74) is 5.82. The lowest BCUT2D eigenvalue weighted by atomic mass is 9.86. The molecule has 0 radical (unpaired) electrons. The largest absolute Gasteiger partial charge is 0.382 e. The van der Waals surface area contributed by atoms with Gasteiger partial charge in [-0.05, 0) is 11.5 Å². The average molecular weight is 250 g/mol. The zero-order valence-corrected chi connectivity index (χ0v) is 11.3. The smallest absolute Gasteiger partial charge is 0.240 e. The van der Waals surface area contributed by atoms with Crippen LogP contribution in [0.1, 0.15) is 19.4 Å². The molecule has 100 valence electrons. The minimum absolute atomic E-state index is 0.0543. The normalized spacial score (nSPS) is 14.4. The number of rotatable bonds is 7. The highest BCUT2D eigenvalue weighted by Gasteiger charge is 2.39. The first kappa shape index (κ1) is 14.7. The van der Waals surface area contributed by atoms with Crippen molar-refractivity contribution in [2.75, 3.05) is 13.7 Å². The molecule has 0 saturated heterocycles. The number of benzene rings is 1. The van der Waals surface area contributed by atoms with Gasteiger partial charge < -0.3 is 10.5 Å². The van der Waals surface area contributed by atoms with E-state index in [0.717, 1.165) is 5.56 Å². The van der Waals surface area contributed by atoms with Gasteiger partial charge in [-0.2, -0.15) is 0 Å². The SMILES string of the molecule is COCC(NCc1ccccc1)(C(N)=O)C(C)C. The van der Waals surface area contributed by atoms with E-state index in [0.29, 0.717) is 6.54 Å². The van der Waals surface area contributed by atoms with Crippen molar-refractivity contribution in [3.63, 3.8) is 0 Å². The van der Waals surface area contributed by atoms with E-state index in [1.165, 1.54) is 0 Å². The number of carbonyl (C=O) groups is 1. The molecule has 4 nitrogen and oxygen atoms in total. The van der Waals surface area contributed by atoms with Crippen LogP contribution >= 0.6 is 0 Å². The van der Waals surface area contributed by atoms with Crippen LogP contribution in [0.15, 0.2) is 30.3 Å². The number of carbonyl (C=O) groups excluding carboxylic acids is 1. The van der Waals surface area contributed by atoms with Crippen molar-refractivity contribution in [1.29, 1.82) is 0 Å². The number of nitrogens with two attached hydrogens (primary N) is 1. The van der Waals surface area contributed by atoms with Crippen molar-refractivity contribution < 1.29 is 9.53 Å². The maximum atomic E-state index is 11.8. The van der Waals surface area contributed by atoms with Crippen LogP contribution in [0.4, 0.5) is 0 Å². The molecule has 1 amide bonds. The van der Waals surface area contributed by atoms with E-state index in [-0.39, 0.29) is 18.4 Å². The standard InChI is InChI=1S/C14H22N2O2/c1-11(2)14(10-18-3,13(15)17)16-9-12-7-5-4-6-8-12/h4-8,11,16H,9-10H2,1-3H3,(H2,15,17). The number of hydrogen-bond donors (Lipinski definition) is 2. The van der Waals surface area contributed by atoms with Crippen molar-refractivity contribution in [2.45, 2.75) is 25.9 Å². The highest BCUT2D eigenvalue weighted by molar-refractivity contribution is 5.85. The Hall–Kier alpha value is -1.39. The van der Waals surface area contributed by atoms with Crippen LogP contribution in [-0.2, 0) is 16.1 Å². The quantitative estimate of drug-likeness (QED) is 0.766. The van der Waals surface area contributed by atoms with Crippen molar-refractivity contribution in [3.05, 3.63) is 35.9 Å². The Balaban J connectivity index is 2.81. The summed E-state index contributed by atoms with van der Waals surface area (Å²) in [5.74, 6) is -0.325. The summed E-state index contributed by atoms with van der Waals surface area (Å²) in [4.78, 5) is 11.8. The van der Waals surface area contributed by atoms with E-state index >= 15 is 0 Å². The first-order valence-corrected chi connectivity index (χ1v) is 6.10. The van der Waals surface area contributed by atoms with Gasteiger partial charge in [0, 0.05) is 13.7 Å². The molecule has 18 heavy (non-hydrogen) atoms. The van der Waals surface area contributed by atoms with Crippen LogP contribution in [0.3, 0.4) is 0 Å². The molecule has 4 heteroatoms. The van der Waals surface area contributed by atoms with Gasteiger partial charge >= 0.3 is 0 Å². The third-order valence-electron chi connectivity index (χ3n) is 3.25. The minimum atomic E-state index is -0.829. The number of ether oxygens (including phenoxy) is 1. The lowest BCUT2D eigenvalue weighted by molar-refractivity contribution is -0.129. The zero-order valence-electron chi connectivity index (χ0n) is 11.3. The number of amides is 1. The molecule has 0 aliphatic rings. The molecule has 3 N–H and O–H groups in total. The zero-order chi connectivity index (χ0) is 13.6. The summed E-state index contributed by atoms with van der Waals surface area (Å²) >= 11 is 0. The Morgan fingerprint density at radius 3 is 2.44 bits per heavy atom. The molecular weight excluding hydrogens is 228 g/mol. The van der Waals surface area contributed by atoms with Gasteiger partial charge in [0.05, 0.1) is 6.61 Å². The topological polar surface area (TPSA) is 64.3 Å². The molecule has 1 aromatic carbocycles. The molecule has 0 aliphatic carbocycles. The van der Waals surface area contributed by atoms with E-state index in [4.69, 9.17) is 10.5 Å². The van der Waals surface area contributed by atoms with Gasteiger partial charge in [-0.25, -0.2) is 0 Å². The first-order chi connectivity index (χ1) is 8.53. The highest BCUT2D eigenvalue weighted by atomic mass is 16.5. The second-order valence-corrected chi connectivity index (χ2v) is 4.76. The maximum absolute atomic E-state index is 11.8. The van der Waals surface area contributed by atoms with E-state index < -0.39 is 5.54 Å². The molecule has 0 heterocycles. The summed E-state index contributed by atoms with van der Waals surface area (Å²) in [7, 11) is 1.57. The van der Waals surface area contributed by atoms with E-state index in [9.17, 15) is 4.79 Å². The second-order valence-electron chi connectivity index (χ2n) is 4.76. The average Bonchev–Trinajstić information content (AvgIpc) is 2.35. The summed E-state index contributed by atoms with van der Waals surface area (Å²) in [6.07, 6.45) is 0. The lowest BCUT2D eigenvalue weighted by Gasteiger charge is -2.35. The van der Waals surface area contributed by atoms with Gasteiger partial charge in [0.2, 0.25) is 5.91 Å².